The van der Waals surface area contributed by atoms with Gasteiger partial charge in [0.15, 0.2) is 11.6 Å². The van der Waals surface area contributed by atoms with Gasteiger partial charge in [0.05, 0.1) is 0 Å². The molecule has 0 unspecified atom stereocenters. The van der Waals surface area contributed by atoms with E-state index in [2.05, 4.69) is 0 Å². The third kappa shape index (κ3) is 2.48. The lowest BCUT2D eigenvalue weighted by Gasteiger charge is -2.21. The van der Waals surface area contributed by atoms with E-state index in [1.54, 1.807) is 4.90 Å². The van der Waals surface area contributed by atoms with E-state index in [1.165, 1.54) is 0 Å². The minimum Gasteiger partial charge on any atom is -0.480 e. The van der Waals surface area contributed by atoms with E-state index in [9.17, 15) is 18.0 Å². The van der Waals surface area contributed by atoms with Crippen LogP contribution in [-0.2, 0) is 11.3 Å². The number of carbonyl (C=O) groups is 1. The van der Waals surface area contributed by atoms with Crippen LogP contribution in [0, 0.1) is 17.5 Å². The monoisotopic (exact) mass is 259 g/mol. The van der Waals surface area contributed by atoms with E-state index in [1.807, 2.05) is 0 Å². The first-order chi connectivity index (χ1) is 8.49. The fraction of sp³-hybridized carbons (Fsp3) is 0.417. The quantitative estimate of drug-likeness (QED) is 0.845. The summed E-state index contributed by atoms with van der Waals surface area (Å²) in [5.74, 6) is -4.20. The minimum atomic E-state index is -1.24. The van der Waals surface area contributed by atoms with E-state index in [0.29, 0.717) is 25.5 Å². The maximum Gasteiger partial charge on any atom is 0.320 e. The molecule has 1 aromatic rings. The average Bonchev–Trinajstić information content (AvgIpc) is 2.74. The number of rotatable bonds is 3. The van der Waals surface area contributed by atoms with Crippen molar-refractivity contribution in [2.24, 2.45) is 0 Å². The van der Waals surface area contributed by atoms with Gasteiger partial charge in [-0.3, -0.25) is 9.69 Å². The summed E-state index contributed by atoms with van der Waals surface area (Å²) < 4.78 is 39.2. The van der Waals surface area contributed by atoms with Crippen LogP contribution in [0.15, 0.2) is 12.1 Å². The van der Waals surface area contributed by atoms with Gasteiger partial charge in [0, 0.05) is 18.2 Å². The zero-order valence-corrected chi connectivity index (χ0v) is 9.50. The molecule has 6 heteroatoms. The lowest BCUT2D eigenvalue weighted by atomic mass is 10.1. The molecule has 3 nitrogen and oxygen atoms in total. The predicted octanol–water partition coefficient (Wildman–Crippen LogP) is 2.15. The molecule has 98 valence electrons. The summed E-state index contributed by atoms with van der Waals surface area (Å²) >= 11 is 0. The maximum absolute atomic E-state index is 13.4. The van der Waals surface area contributed by atoms with Crippen LogP contribution < -0.4 is 0 Å². The SMILES string of the molecule is O=C(O)[C@H]1CCCN1Cc1cc(F)c(F)cc1F. The lowest BCUT2D eigenvalue weighted by molar-refractivity contribution is -0.142. The summed E-state index contributed by atoms with van der Waals surface area (Å²) in [4.78, 5) is 12.5. The molecule has 1 N–H and O–H groups in total. The predicted molar refractivity (Wildman–Crippen MR) is 57.4 cm³/mol. The number of hydrogen-bond donors (Lipinski definition) is 1. The van der Waals surface area contributed by atoms with Gasteiger partial charge < -0.3 is 5.11 Å². The van der Waals surface area contributed by atoms with Crippen molar-refractivity contribution in [1.82, 2.24) is 4.90 Å². The van der Waals surface area contributed by atoms with E-state index in [-0.39, 0.29) is 12.1 Å². The van der Waals surface area contributed by atoms with Crippen molar-refractivity contribution in [2.75, 3.05) is 6.54 Å². The van der Waals surface area contributed by atoms with Crippen LogP contribution in [0.5, 0.6) is 0 Å². The maximum atomic E-state index is 13.4. The van der Waals surface area contributed by atoms with Gasteiger partial charge in [0.1, 0.15) is 11.9 Å². The highest BCUT2D eigenvalue weighted by atomic mass is 19.2. The molecule has 1 fully saturated rings. The van der Waals surface area contributed by atoms with E-state index in [0.717, 1.165) is 6.07 Å². The molecule has 2 rings (SSSR count). The molecular formula is C12H12F3NO2. The Kier molecular flexibility index (Phi) is 3.56. The summed E-state index contributed by atoms with van der Waals surface area (Å²) in [6.45, 7) is 0.482. The molecule has 0 aromatic heterocycles. The molecule has 1 aliphatic rings. The molecule has 0 amide bonds. The molecule has 0 saturated carbocycles. The molecule has 0 radical (unpaired) electrons. The highest BCUT2D eigenvalue weighted by Gasteiger charge is 2.31. The van der Waals surface area contributed by atoms with Crippen LogP contribution in [0.2, 0.25) is 0 Å². The highest BCUT2D eigenvalue weighted by molar-refractivity contribution is 5.73. The summed E-state index contributed by atoms with van der Waals surface area (Å²) in [5.41, 5.74) is -0.0259. The largest absolute Gasteiger partial charge is 0.480 e. The first kappa shape index (κ1) is 12.9. The molecule has 1 heterocycles. The minimum absolute atomic E-state index is 0.0259. The van der Waals surface area contributed by atoms with Gasteiger partial charge in [-0.15, -0.1) is 0 Å². The Labute approximate surface area is 102 Å². The molecule has 1 atom stereocenters. The number of aliphatic carboxylic acids is 1. The van der Waals surface area contributed by atoms with Gasteiger partial charge >= 0.3 is 5.97 Å². The fourth-order valence-electron chi connectivity index (χ4n) is 2.20. The van der Waals surface area contributed by atoms with Gasteiger partial charge in [0.25, 0.3) is 0 Å². The Morgan fingerprint density at radius 2 is 1.94 bits per heavy atom. The van der Waals surface area contributed by atoms with Gasteiger partial charge in [-0.1, -0.05) is 0 Å². The summed E-state index contributed by atoms with van der Waals surface area (Å²) in [6, 6.07) is 0.579. The fourth-order valence-corrected chi connectivity index (χ4v) is 2.20. The second-order valence-corrected chi connectivity index (χ2v) is 4.32. The normalized spacial score (nSPS) is 20.3. The number of benzene rings is 1. The first-order valence-electron chi connectivity index (χ1n) is 5.59. The number of carboxylic acid groups (broad SMARTS) is 1. The smallest absolute Gasteiger partial charge is 0.320 e. The van der Waals surface area contributed by atoms with Crippen molar-refractivity contribution in [3.8, 4) is 0 Å². The Bertz CT molecular complexity index is 479. The third-order valence-corrected chi connectivity index (χ3v) is 3.11. The van der Waals surface area contributed by atoms with Gasteiger partial charge in [0.2, 0.25) is 0 Å². The number of carboxylic acids is 1. The van der Waals surface area contributed by atoms with Crippen LogP contribution in [0.1, 0.15) is 18.4 Å². The van der Waals surface area contributed by atoms with E-state index in [4.69, 9.17) is 5.11 Å². The Balaban J connectivity index is 2.19. The van der Waals surface area contributed by atoms with E-state index >= 15 is 0 Å². The average molecular weight is 259 g/mol. The molecule has 18 heavy (non-hydrogen) atoms. The number of likely N-dealkylation sites (tertiary alicyclic amines) is 1. The lowest BCUT2D eigenvalue weighted by Crippen LogP contribution is -2.35. The van der Waals surface area contributed by atoms with Crippen molar-refractivity contribution in [3.05, 3.63) is 35.1 Å². The van der Waals surface area contributed by atoms with Crippen molar-refractivity contribution >= 4 is 5.97 Å². The first-order valence-corrected chi connectivity index (χ1v) is 5.59. The molecule has 1 saturated heterocycles. The molecule has 0 spiro atoms. The molecule has 0 bridgehead atoms. The third-order valence-electron chi connectivity index (χ3n) is 3.11. The number of hydrogen-bond acceptors (Lipinski definition) is 2. The Morgan fingerprint density at radius 3 is 2.61 bits per heavy atom. The van der Waals surface area contributed by atoms with Gasteiger partial charge in [-0.05, 0) is 25.5 Å². The zero-order valence-electron chi connectivity index (χ0n) is 9.50. The number of nitrogens with zero attached hydrogens (tertiary/aromatic N) is 1. The standard InChI is InChI=1S/C12H12F3NO2/c13-8-5-10(15)9(14)4-7(8)6-16-3-1-2-11(16)12(17)18/h4-5,11H,1-3,6H2,(H,17,18)/t11-/m1/s1. The zero-order chi connectivity index (χ0) is 13.3. The molecular weight excluding hydrogens is 247 g/mol. The topological polar surface area (TPSA) is 40.5 Å². The molecule has 0 aliphatic carbocycles. The van der Waals surface area contributed by atoms with Crippen LogP contribution in [-0.4, -0.2) is 28.6 Å². The summed E-state index contributed by atoms with van der Waals surface area (Å²) in [7, 11) is 0. The second kappa shape index (κ2) is 4.97. The molecule has 1 aliphatic heterocycles. The van der Waals surface area contributed by atoms with Gasteiger partial charge in [-0.25, -0.2) is 13.2 Å². The van der Waals surface area contributed by atoms with Crippen molar-refractivity contribution < 1.29 is 23.1 Å². The Morgan fingerprint density at radius 1 is 1.28 bits per heavy atom. The summed E-state index contributed by atoms with van der Waals surface area (Å²) in [5, 5.41) is 8.96. The molecule has 1 aromatic carbocycles. The van der Waals surface area contributed by atoms with Crippen molar-refractivity contribution in [3.63, 3.8) is 0 Å². The van der Waals surface area contributed by atoms with E-state index < -0.39 is 29.5 Å². The number of halogens is 3. The summed E-state index contributed by atoms with van der Waals surface area (Å²) in [6.07, 6.45) is 1.18. The Hall–Kier alpha value is -1.56. The van der Waals surface area contributed by atoms with Crippen molar-refractivity contribution in [2.45, 2.75) is 25.4 Å². The van der Waals surface area contributed by atoms with Crippen LogP contribution in [0.4, 0.5) is 13.2 Å². The second-order valence-electron chi connectivity index (χ2n) is 4.32. The van der Waals surface area contributed by atoms with Gasteiger partial charge in [-0.2, -0.15) is 0 Å². The van der Waals surface area contributed by atoms with Crippen LogP contribution in [0.3, 0.4) is 0 Å². The van der Waals surface area contributed by atoms with Crippen LogP contribution in [0.25, 0.3) is 0 Å². The highest BCUT2D eigenvalue weighted by Crippen LogP contribution is 2.22. The van der Waals surface area contributed by atoms with Crippen molar-refractivity contribution in [1.29, 1.82) is 0 Å². The van der Waals surface area contributed by atoms with Crippen LogP contribution >= 0.6 is 0 Å².